The van der Waals surface area contributed by atoms with E-state index >= 15 is 0 Å². The van der Waals surface area contributed by atoms with Crippen LogP contribution < -0.4 is 10.6 Å². The summed E-state index contributed by atoms with van der Waals surface area (Å²) in [5, 5.41) is 5.46. The smallest absolute Gasteiger partial charge is 0.234 e. The van der Waals surface area contributed by atoms with Gasteiger partial charge in [-0.25, -0.2) is 0 Å². The minimum atomic E-state index is -0.308. The minimum absolute atomic E-state index is 0.0784. The zero-order chi connectivity index (χ0) is 21.2. The number of hydrogen-bond donors (Lipinski definition) is 2. The fraction of sp³-hybridized carbons (Fsp3) is 0.391. The zero-order valence-electron chi connectivity index (χ0n) is 17.5. The molecule has 0 saturated carbocycles. The Morgan fingerprint density at radius 2 is 1.59 bits per heavy atom. The Labute approximate surface area is 177 Å². The van der Waals surface area contributed by atoms with Crippen LogP contribution in [0.3, 0.4) is 0 Å². The Balaban J connectivity index is 1.70. The molecule has 2 aromatic rings. The summed E-state index contributed by atoms with van der Waals surface area (Å²) in [5.74, 6) is 0.0376. The van der Waals surface area contributed by atoms with Crippen LogP contribution in [0.2, 0.25) is 0 Å². The zero-order valence-corrected chi connectivity index (χ0v) is 18.3. The van der Waals surface area contributed by atoms with Crippen LogP contribution in [0.4, 0.5) is 5.69 Å². The summed E-state index contributed by atoms with van der Waals surface area (Å²) in [6.45, 7) is 8.88. The summed E-state index contributed by atoms with van der Waals surface area (Å²) in [7, 11) is 0. The van der Waals surface area contributed by atoms with E-state index in [0.29, 0.717) is 13.2 Å². The SMILES string of the molecule is Cc1ccc(NC(=O)CSC(C)C(=O)NCc2ccc(COC(C)C)cc2)cc1. The maximum Gasteiger partial charge on any atom is 0.234 e. The summed E-state index contributed by atoms with van der Waals surface area (Å²) in [4.78, 5) is 24.3. The lowest BCUT2D eigenvalue weighted by Gasteiger charge is -2.13. The largest absolute Gasteiger partial charge is 0.374 e. The van der Waals surface area contributed by atoms with Crippen molar-refractivity contribution in [1.29, 1.82) is 0 Å². The van der Waals surface area contributed by atoms with Gasteiger partial charge in [-0.05, 0) is 51.0 Å². The maximum absolute atomic E-state index is 12.3. The molecule has 0 aliphatic rings. The first-order valence-corrected chi connectivity index (χ1v) is 10.8. The van der Waals surface area contributed by atoms with Crippen LogP contribution in [0.5, 0.6) is 0 Å². The van der Waals surface area contributed by atoms with Crippen molar-refractivity contribution < 1.29 is 14.3 Å². The Hall–Kier alpha value is -2.31. The van der Waals surface area contributed by atoms with E-state index in [-0.39, 0.29) is 28.9 Å². The molecule has 29 heavy (non-hydrogen) atoms. The molecule has 5 nitrogen and oxygen atoms in total. The second-order valence-corrected chi connectivity index (χ2v) is 8.59. The Kier molecular flexibility index (Phi) is 9.22. The Morgan fingerprint density at radius 3 is 2.21 bits per heavy atom. The van der Waals surface area contributed by atoms with Gasteiger partial charge in [0.05, 0.1) is 23.7 Å². The molecule has 0 radical (unpaired) electrons. The van der Waals surface area contributed by atoms with Crippen molar-refractivity contribution in [3.63, 3.8) is 0 Å². The van der Waals surface area contributed by atoms with Gasteiger partial charge in [0.1, 0.15) is 0 Å². The summed E-state index contributed by atoms with van der Waals surface area (Å²) in [6, 6.07) is 15.6. The first-order valence-electron chi connectivity index (χ1n) is 9.78. The van der Waals surface area contributed by atoms with Crippen molar-refractivity contribution in [2.24, 2.45) is 0 Å². The van der Waals surface area contributed by atoms with E-state index in [1.807, 2.05) is 76.2 Å². The summed E-state index contributed by atoms with van der Waals surface area (Å²) >= 11 is 1.32. The maximum atomic E-state index is 12.3. The first-order chi connectivity index (χ1) is 13.8. The van der Waals surface area contributed by atoms with Crippen LogP contribution in [0.15, 0.2) is 48.5 Å². The number of rotatable bonds is 10. The summed E-state index contributed by atoms with van der Waals surface area (Å²) in [5.41, 5.74) is 4.04. The molecule has 6 heteroatoms. The first kappa shape index (κ1) is 23.0. The molecule has 0 aliphatic carbocycles. The number of amides is 2. The van der Waals surface area contributed by atoms with Crippen molar-refractivity contribution in [2.45, 2.75) is 52.2 Å². The van der Waals surface area contributed by atoms with Crippen molar-refractivity contribution in [3.05, 3.63) is 65.2 Å². The molecule has 0 aliphatic heterocycles. The molecule has 0 fully saturated rings. The van der Waals surface area contributed by atoms with Gasteiger partial charge in [-0.2, -0.15) is 0 Å². The lowest BCUT2D eigenvalue weighted by molar-refractivity contribution is -0.120. The lowest BCUT2D eigenvalue weighted by atomic mass is 10.1. The highest BCUT2D eigenvalue weighted by atomic mass is 32.2. The van der Waals surface area contributed by atoms with E-state index in [0.717, 1.165) is 22.4 Å². The molecular formula is C23H30N2O3S. The lowest BCUT2D eigenvalue weighted by Crippen LogP contribution is -2.31. The molecule has 1 unspecified atom stereocenters. The number of aryl methyl sites for hydroxylation is 1. The van der Waals surface area contributed by atoms with Crippen LogP contribution in [0.1, 0.15) is 37.5 Å². The molecule has 0 spiro atoms. The van der Waals surface area contributed by atoms with Gasteiger partial charge in [-0.15, -0.1) is 11.8 Å². The molecule has 2 aromatic carbocycles. The van der Waals surface area contributed by atoms with Gasteiger partial charge in [-0.1, -0.05) is 42.0 Å². The average molecular weight is 415 g/mol. The molecule has 0 heterocycles. The summed E-state index contributed by atoms with van der Waals surface area (Å²) in [6.07, 6.45) is 0.201. The van der Waals surface area contributed by atoms with E-state index in [4.69, 9.17) is 4.74 Å². The Bertz CT molecular complexity index is 789. The number of anilines is 1. The third-order valence-corrected chi connectivity index (χ3v) is 5.38. The van der Waals surface area contributed by atoms with Gasteiger partial charge in [0.15, 0.2) is 0 Å². The quantitative estimate of drug-likeness (QED) is 0.608. The second kappa shape index (κ2) is 11.6. The predicted molar refractivity (Wildman–Crippen MR) is 120 cm³/mol. The number of nitrogens with one attached hydrogen (secondary N) is 2. The van der Waals surface area contributed by atoms with Crippen LogP contribution in [0, 0.1) is 6.92 Å². The third kappa shape index (κ3) is 8.71. The average Bonchev–Trinajstić information content (AvgIpc) is 2.71. The number of carbonyl (C=O) groups excluding carboxylic acids is 2. The summed E-state index contributed by atoms with van der Waals surface area (Å²) < 4.78 is 5.58. The molecule has 0 bridgehead atoms. The van der Waals surface area contributed by atoms with Gasteiger partial charge >= 0.3 is 0 Å². The number of benzene rings is 2. The molecule has 0 aromatic heterocycles. The fourth-order valence-corrected chi connectivity index (χ4v) is 3.17. The van der Waals surface area contributed by atoms with Crippen molar-refractivity contribution in [2.75, 3.05) is 11.1 Å². The predicted octanol–water partition coefficient (Wildman–Crippen LogP) is 4.30. The molecular weight excluding hydrogens is 384 g/mol. The number of thioether (sulfide) groups is 1. The second-order valence-electron chi connectivity index (χ2n) is 7.26. The molecule has 2 amide bonds. The molecule has 156 valence electrons. The monoisotopic (exact) mass is 414 g/mol. The van der Waals surface area contributed by atoms with E-state index in [9.17, 15) is 9.59 Å². The van der Waals surface area contributed by atoms with E-state index in [2.05, 4.69) is 10.6 Å². The minimum Gasteiger partial charge on any atom is -0.374 e. The normalized spacial score (nSPS) is 11.9. The third-order valence-electron chi connectivity index (χ3n) is 4.24. The van der Waals surface area contributed by atoms with E-state index in [1.54, 1.807) is 0 Å². The Morgan fingerprint density at radius 1 is 0.966 bits per heavy atom. The van der Waals surface area contributed by atoms with Gasteiger partial charge < -0.3 is 15.4 Å². The van der Waals surface area contributed by atoms with Crippen LogP contribution in [-0.2, 0) is 27.5 Å². The highest BCUT2D eigenvalue weighted by molar-refractivity contribution is 8.01. The van der Waals surface area contributed by atoms with Gasteiger partial charge in [0, 0.05) is 12.2 Å². The molecule has 2 N–H and O–H groups in total. The van der Waals surface area contributed by atoms with E-state index in [1.165, 1.54) is 11.8 Å². The fourth-order valence-electron chi connectivity index (χ4n) is 2.46. The van der Waals surface area contributed by atoms with Crippen molar-refractivity contribution >= 4 is 29.3 Å². The van der Waals surface area contributed by atoms with Crippen LogP contribution in [-0.4, -0.2) is 28.9 Å². The van der Waals surface area contributed by atoms with Gasteiger partial charge in [-0.3, -0.25) is 9.59 Å². The highest BCUT2D eigenvalue weighted by Crippen LogP contribution is 2.14. The molecule has 0 saturated heterocycles. The van der Waals surface area contributed by atoms with Crippen LogP contribution >= 0.6 is 11.8 Å². The molecule has 2 rings (SSSR count). The number of hydrogen-bond acceptors (Lipinski definition) is 4. The standard InChI is InChI=1S/C23H30N2O3S/c1-16(2)28-14-20-9-7-19(8-10-20)13-24-23(27)18(4)29-15-22(26)25-21-11-5-17(3)6-12-21/h5-12,16,18H,13-15H2,1-4H3,(H,24,27)(H,25,26). The van der Waals surface area contributed by atoms with Crippen molar-refractivity contribution in [3.8, 4) is 0 Å². The number of carbonyl (C=O) groups is 2. The van der Waals surface area contributed by atoms with Crippen LogP contribution in [0.25, 0.3) is 0 Å². The van der Waals surface area contributed by atoms with E-state index < -0.39 is 0 Å². The van der Waals surface area contributed by atoms with Crippen molar-refractivity contribution in [1.82, 2.24) is 5.32 Å². The number of ether oxygens (including phenoxy) is 1. The topological polar surface area (TPSA) is 67.4 Å². The van der Waals surface area contributed by atoms with Gasteiger partial charge in [0.2, 0.25) is 11.8 Å². The van der Waals surface area contributed by atoms with Gasteiger partial charge in [0.25, 0.3) is 0 Å². The molecule has 1 atom stereocenters. The highest BCUT2D eigenvalue weighted by Gasteiger charge is 2.15.